The van der Waals surface area contributed by atoms with Crippen molar-refractivity contribution in [3.05, 3.63) is 34.6 Å². The number of amides is 1. The summed E-state index contributed by atoms with van der Waals surface area (Å²) >= 11 is 0. The van der Waals surface area contributed by atoms with Crippen molar-refractivity contribution in [1.29, 1.82) is 0 Å². The third kappa shape index (κ3) is 4.67. The van der Waals surface area contributed by atoms with Crippen molar-refractivity contribution < 1.29 is 4.79 Å². The van der Waals surface area contributed by atoms with Gasteiger partial charge in [-0.15, -0.1) is 0 Å². The van der Waals surface area contributed by atoms with E-state index in [1.165, 1.54) is 44.9 Å². The Morgan fingerprint density at radius 2 is 1.67 bits per heavy atom. The number of benzene rings is 1. The minimum Gasteiger partial charge on any atom is -0.368 e. The van der Waals surface area contributed by atoms with E-state index in [4.69, 9.17) is 5.73 Å². The number of nitrogens with two attached hydrogens (primary N) is 1. The van der Waals surface area contributed by atoms with Crippen LogP contribution in [0.25, 0.3) is 11.0 Å². The molecule has 0 atom stereocenters. The normalized spacial score (nSPS) is 20.0. The number of carbonyl (C=O) groups excluding carboxylic acids is 1. The van der Waals surface area contributed by atoms with Gasteiger partial charge in [-0.05, 0) is 37.8 Å². The van der Waals surface area contributed by atoms with Crippen LogP contribution in [-0.2, 0) is 4.79 Å². The zero-order chi connectivity index (χ0) is 20.9. The number of piperidine rings is 1. The molecule has 2 aromatic rings. The molecule has 1 aromatic carbocycles. The second kappa shape index (κ2) is 9.60. The number of hydrogen-bond acceptors (Lipinski definition) is 5. The number of fused-ring (bicyclic) bond motifs is 1. The molecule has 1 aliphatic heterocycles. The number of para-hydroxylation sites is 2. The first kappa shape index (κ1) is 20.8. The Kier molecular flexibility index (Phi) is 6.67. The fraction of sp³-hybridized carbons (Fsp3) is 0.609. The summed E-state index contributed by atoms with van der Waals surface area (Å²) in [5.74, 6) is -0.307. The van der Waals surface area contributed by atoms with Gasteiger partial charge in [-0.2, -0.15) is 0 Å². The molecular weight excluding hydrogens is 378 g/mol. The predicted octanol–water partition coefficient (Wildman–Crippen LogP) is 3.04. The molecule has 7 heteroatoms. The van der Waals surface area contributed by atoms with E-state index in [1.807, 2.05) is 28.8 Å². The molecule has 162 valence electrons. The Bertz CT molecular complexity index is 925. The second-order valence-corrected chi connectivity index (χ2v) is 8.71. The van der Waals surface area contributed by atoms with Crippen LogP contribution in [0.15, 0.2) is 29.1 Å². The lowest BCUT2D eigenvalue weighted by molar-refractivity contribution is -0.116. The quantitative estimate of drug-likeness (QED) is 0.789. The van der Waals surface area contributed by atoms with Crippen LogP contribution in [0, 0.1) is 0 Å². The fourth-order valence-corrected chi connectivity index (χ4v) is 5.11. The van der Waals surface area contributed by atoms with Gasteiger partial charge in [-0.1, -0.05) is 44.2 Å². The van der Waals surface area contributed by atoms with Gasteiger partial charge in [0.15, 0.2) is 5.82 Å². The van der Waals surface area contributed by atoms with E-state index in [1.54, 1.807) is 0 Å². The van der Waals surface area contributed by atoms with Crippen LogP contribution in [0.4, 0.5) is 5.82 Å². The minimum absolute atomic E-state index is 0.0965. The highest BCUT2D eigenvalue weighted by Gasteiger charge is 2.28. The molecule has 3 N–H and O–H groups in total. The monoisotopic (exact) mass is 411 g/mol. The van der Waals surface area contributed by atoms with Gasteiger partial charge in [0.25, 0.3) is 5.56 Å². The maximum Gasteiger partial charge on any atom is 0.294 e. The molecule has 1 aromatic heterocycles. The number of anilines is 1. The van der Waals surface area contributed by atoms with Gasteiger partial charge in [0.2, 0.25) is 5.91 Å². The molecule has 1 saturated carbocycles. The van der Waals surface area contributed by atoms with Gasteiger partial charge in [0.05, 0.1) is 17.6 Å². The summed E-state index contributed by atoms with van der Waals surface area (Å²) in [5.41, 5.74) is 6.69. The Morgan fingerprint density at radius 1 is 1.00 bits per heavy atom. The van der Waals surface area contributed by atoms with E-state index >= 15 is 0 Å². The number of hydrogen-bond donors (Lipinski definition) is 2. The smallest absolute Gasteiger partial charge is 0.294 e. The summed E-state index contributed by atoms with van der Waals surface area (Å²) in [5, 5.41) is 2.83. The molecular formula is C23H33N5O2. The highest BCUT2D eigenvalue weighted by molar-refractivity contribution is 5.80. The zero-order valence-corrected chi connectivity index (χ0v) is 17.7. The van der Waals surface area contributed by atoms with Crippen molar-refractivity contribution in [3.8, 4) is 0 Å². The molecule has 1 saturated heterocycles. The van der Waals surface area contributed by atoms with E-state index in [2.05, 4.69) is 15.2 Å². The summed E-state index contributed by atoms with van der Waals surface area (Å²) in [6.07, 6.45) is 11.3. The Labute approximate surface area is 177 Å². The molecule has 30 heavy (non-hydrogen) atoms. The maximum atomic E-state index is 13.2. The SMILES string of the molecule is NC(=O)CNc1nc2ccccc2n(C2CCN(C3CCCCCCC3)CC2)c1=O. The number of carbonyl (C=O) groups is 1. The van der Waals surface area contributed by atoms with Crippen molar-refractivity contribution in [1.82, 2.24) is 14.5 Å². The molecule has 0 unspecified atom stereocenters. The molecule has 4 rings (SSSR count). The van der Waals surface area contributed by atoms with E-state index in [-0.39, 0.29) is 24.0 Å². The fourth-order valence-electron chi connectivity index (χ4n) is 5.11. The molecule has 7 nitrogen and oxygen atoms in total. The van der Waals surface area contributed by atoms with Crippen molar-refractivity contribution in [2.75, 3.05) is 25.0 Å². The Balaban J connectivity index is 1.55. The van der Waals surface area contributed by atoms with Crippen LogP contribution < -0.4 is 16.6 Å². The standard InChI is InChI=1S/C23H33N5O2/c24-21(29)16-25-22-23(30)28(20-11-7-6-10-19(20)26-22)18-12-14-27(15-13-18)17-8-4-2-1-3-5-9-17/h6-7,10-11,17-18H,1-5,8-9,12-16H2,(H2,24,29)(H,25,26). The third-order valence-electron chi connectivity index (χ3n) is 6.68. The summed E-state index contributed by atoms with van der Waals surface area (Å²) in [6, 6.07) is 8.57. The van der Waals surface area contributed by atoms with E-state index in [0.29, 0.717) is 6.04 Å². The van der Waals surface area contributed by atoms with Crippen LogP contribution in [0.2, 0.25) is 0 Å². The predicted molar refractivity (Wildman–Crippen MR) is 120 cm³/mol. The van der Waals surface area contributed by atoms with Gasteiger partial charge in [0.1, 0.15) is 0 Å². The highest BCUT2D eigenvalue weighted by Crippen LogP contribution is 2.29. The number of primary amides is 1. The number of aromatic nitrogens is 2. The lowest BCUT2D eigenvalue weighted by atomic mass is 9.93. The minimum atomic E-state index is -0.511. The molecule has 2 aliphatic rings. The average molecular weight is 412 g/mol. The van der Waals surface area contributed by atoms with Gasteiger partial charge in [-0.25, -0.2) is 4.98 Å². The van der Waals surface area contributed by atoms with E-state index < -0.39 is 5.91 Å². The summed E-state index contributed by atoms with van der Waals surface area (Å²) in [6.45, 7) is 1.96. The van der Waals surface area contributed by atoms with E-state index in [9.17, 15) is 9.59 Å². The maximum absolute atomic E-state index is 13.2. The Hall–Kier alpha value is -2.41. The summed E-state index contributed by atoms with van der Waals surface area (Å²) in [4.78, 5) is 31.5. The van der Waals surface area contributed by atoms with Crippen molar-refractivity contribution in [3.63, 3.8) is 0 Å². The first-order chi connectivity index (χ1) is 14.6. The second-order valence-electron chi connectivity index (χ2n) is 8.71. The molecule has 1 amide bonds. The van der Waals surface area contributed by atoms with Crippen LogP contribution in [0.1, 0.15) is 63.8 Å². The molecule has 0 radical (unpaired) electrons. The number of rotatable bonds is 5. The highest BCUT2D eigenvalue weighted by atomic mass is 16.1. The molecule has 1 aliphatic carbocycles. The topological polar surface area (TPSA) is 93.2 Å². The lowest BCUT2D eigenvalue weighted by Crippen LogP contribution is -2.43. The Morgan fingerprint density at radius 3 is 2.37 bits per heavy atom. The summed E-state index contributed by atoms with van der Waals surface area (Å²) < 4.78 is 1.89. The van der Waals surface area contributed by atoms with Crippen LogP contribution >= 0.6 is 0 Å². The zero-order valence-electron chi connectivity index (χ0n) is 17.7. The van der Waals surface area contributed by atoms with Crippen molar-refractivity contribution >= 4 is 22.8 Å². The number of likely N-dealkylation sites (tertiary alicyclic amines) is 1. The summed E-state index contributed by atoms with van der Waals surface area (Å²) in [7, 11) is 0. The molecule has 2 heterocycles. The van der Waals surface area contributed by atoms with Gasteiger partial charge >= 0.3 is 0 Å². The first-order valence-electron chi connectivity index (χ1n) is 11.4. The molecule has 0 bridgehead atoms. The van der Waals surface area contributed by atoms with Crippen LogP contribution in [-0.4, -0.2) is 46.0 Å². The van der Waals surface area contributed by atoms with Gasteiger partial charge < -0.3 is 20.5 Å². The molecule has 0 spiro atoms. The van der Waals surface area contributed by atoms with Crippen molar-refractivity contribution in [2.24, 2.45) is 5.73 Å². The largest absolute Gasteiger partial charge is 0.368 e. The van der Waals surface area contributed by atoms with E-state index in [0.717, 1.165) is 37.0 Å². The number of nitrogens with zero attached hydrogens (tertiary/aromatic N) is 3. The van der Waals surface area contributed by atoms with Crippen LogP contribution in [0.5, 0.6) is 0 Å². The average Bonchev–Trinajstić information content (AvgIpc) is 2.72. The third-order valence-corrected chi connectivity index (χ3v) is 6.68. The van der Waals surface area contributed by atoms with Crippen LogP contribution in [0.3, 0.4) is 0 Å². The number of nitrogens with one attached hydrogen (secondary N) is 1. The van der Waals surface area contributed by atoms with Gasteiger partial charge in [-0.3, -0.25) is 9.59 Å². The molecule has 2 fully saturated rings. The first-order valence-corrected chi connectivity index (χ1v) is 11.4. The van der Waals surface area contributed by atoms with Gasteiger partial charge in [0, 0.05) is 25.2 Å². The lowest BCUT2D eigenvalue weighted by Gasteiger charge is -2.39. The van der Waals surface area contributed by atoms with Crippen molar-refractivity contribution in [2.45, 2.75) is 69.9 Å².